The highest BCUT2D eigenvalue weighted by Crippen LogP contribution is 2.41. The molecule has 0 amide bonds. The lowest BCUT2D eigenvalue weighted by Gasteiger charge is -2.21. The molecule has 2 aromatic carbocycles. The van der Waals surface area contributed by atoms with Crippen LogP contribution >= 0.6 is 0 Å². The maximum atomic E-state index is 12.7. The zero-order valence-corrected chi connectivity index (χ0v) is 13.0. The Morgan fingerprint density at radius 3 is 2.12 bits per heavy atom. The van der Waals surface area contributed by atoms with Crippen LogP contribution in [0.2, 0.25) is 0 Å². The predicted molar refractivity (Wildman–Crippen MR) is 84.1 cm³/mol. The van der Waals surface area contributed by atoms with Crippen LogP contribution in [0.5, 0.6) is 17.2 Å². The molecule has 0 radical (unpaired) electrons. The molecule has 1 aliphatic carbocycles. The van der Waals surface area contributed by atoms with Crippen molar-refractivity contribution in [3.63, 3.8) is 0 Å². The number of phenolic OH excluding ortho intramolecular Hbond substituents is 3. The third kappa shape index (κ3) is 2.00. The molecule has 0 heterocycles. The molecule has 0 atom stereocenters. The lowest BCUT2D eigenvalue weighted by molar-refractivity contribution is 0.0972. The fraction of sp³-hybridized carbons (Fsp3) is 0.167. The van der Waals surface area contributed by atoms with Gasteiger partial charge in [-0.25, -0.2) is 0 Å². The molecule has 0 fully saturated rings. The lowest BCUT2D eigenvalue weighted by atomic mass is 9.80. The van der Waals surface area contributed by atoms with E-state index in [1.54, 1.807) is 6.92 Å². The largest absolute Gasteiger partial charge is 0.508 e. The van der Waals surface area contributed by atoms with E-state index >= 15 is 0 Å². The summed E-state index contributed by atoms with van der Waals surface area (Å²) in [5, 5.41) is 30.4. The summed E-state index contributed by atoms with van der Waals surface area (Å²) < 4.78 is 0. The molecule has 0 saturated heterocycles. The molecule has 1 aliphatic rings. The van der Waals surface area contributed by atoms with Gasteiger partial charge in [-0.2, -0.15) is 0 Å². The van der Waals surface area contributed by atoms with Crippen LogP contribution in [0.4, 0.5) is 0 Å². The molecule has 0 spiro atoms. The van der Waals surface area contributed by atoms with Crippen LogP contribution in [0.1, 0.15) is 61.6 Å². The molecule has 2 aromatic rings. The molecule has 6 nitrogen and oxygen atoms in total. The van der Waals surface area contributed by atoms with Gasteiger partial charge in [-0.15, -0.1) is 0 Å². The van der Waals surface area contributed by atoms with Gasteiger partial charge in [0.05, 0.1) is 11.1 Å². The van der Waals surface area contributed by atoms with Crippen LogP contribution in [-0.4, -0.2) is 32.7 Å². The maximum Gasteiger partial charge on any atom is 0.201 e. The van der Waals surface area contributed by atoms with Crippen molar-refractivity contribution in [1.82, 2.24) is 0 Å². The number of rotatable bonds is 2. The number of carbonyl (C=O) groups excluding carboxylic acids is 3. The zero-order chi connectivity index (χ0) is 17.8. The molecule has 0 aliphatic heterocycles. The molecule has 6 heteroatoms. The zero-order valence-electron chi connectivity index (χ0n) is 13.0. The van der Waals surface area contributed by atoms with E-state index in [1.807, 2.05) is 0 Å². The van der Waals surface area contributed by atoms with Gasteiger partial charge in [-0.05, 0) is 31.5 Å². The predicted octanol–water partition coefficient (Wildman–Crippen LogP) is 2.34. The Bertz CT molecular complexity index is 939. The molecule has 24 heavy (non-hydrogen) atoms. The van der Waals surface area contributed by atoms with Gasteiger partial charge >= 0.3 is 0 Å². The summed E-state index contributed by atoms with van der Waals surface area (Å²) in [6, 6.07) is 3.49. The fourth-order valence-electron chi connectivity index (χ4n) is 2.97. The third-order valence-electron chi connectivity index (χ3n) is 4.20. The number of fused-ring (bicyclic) bond motifs is 2. The van der Waals surface area contributed by atoms with Crippen molar-refractivity contribution in [3.05, 3.63) is 51.6 Å². The smallest absolute Gasteiger partial charge is 0.201 e. The van der Waals surface area contributed by atoms with E-state index in [9.17, 15) is 29.7 Å². The van der Waals surface area contributed by atoms with Crippen LogP contribution in [0.25, 0.3) is 0 Å². The van der Waals surface area contributed by atoms with E-state index < -0.39 is 23.1 Å². The van der Waals surface area contributed by atoms with E-state index in [4.69, 9.17) is 0 Å². The summed E-state index contributed by atoms with van der Waals surface area (Å²) in [5.41, 5.74) is -0.526. The normalized spacial score (nSPS) is 12.8. The van der Waals surface area contributed by atoms with Crippen molar-refractivity contribution in [2.24, 2.45) is 0 Å². The molecule has 122 valence electrons. The van der Waals surface area contributed by atoms with Crippen molar-refractivity contribution in [2.45, 2.75) is 20.3 Å². The van der Waals surface area contributed by atoms with E-state index in [-0.39, 0.29) is 51.3 Å². The molecule has 0 bridgehead atoms. The fourth-order valence-corrected chi connectivity index (χ4v) is 2.97. The second-order valence-electron chi connectivity index (χ2n) is 5.63. The second kappa shape index (κ2) is 5.19. The Morgan fingerprint density at radius 2 is 1.54 bits per heavy atom. The number of hydrogen-bond donors (Lipinski definition) is 3. The van der Waals surface area contributed by atoms with Crippen molar-refractivity contribution in [1.29, 1.82) is 0 Å². The standard InChI is InChI=1S/C18H14O6/c1-3-9-12(20)6-11-15(17(9)23)18(24)14-10(16(11)22)4-8(7(2)19)5-13(14)21/h4-6,20-21,23H,3H2,1-2H3. The van der Waals surface area contributed by atoms with Crippen molar-refractivity contribution < 1.29 is 29.7 Å². The molecule has 0 aromatic heterocycles. The summed E-state index contributed by atoms with van der Waals surface area (Å²) in [4.78, 5) is 36.9. The second-order valence-corrected chi connectivity index (χ2v) is 5.63. The topological polar surface area (TPSA) is 112 Å². The van der Waals surface area contributed by atoms with Gasteiger partial charge < -0.3 is 15.3 Å². The molecule has 3 N–H and O–H groups in total. The Morgan fingerprint density at radius 1 is 0.917 bits per heavy atom. The monoisotopic (exact) mass is 326 g/mol. The highest BCUT2D eigenvalue weighted by atomic mass is 16.3. The highest BCUT2D eigenvalue weighted by Gasteiger charge is 2.36. The molecule has 0 saturated carbocycles. The first kappa shape index (κ1) is 15.7. The summed E-state index contributed by atoms with van der Waals surface area (Å²) in [6.45, 7) is 2.95. The Balaban J connectivity index is 2.36. The van der Waals surface area contributed by atoms with Crippen LogP contribution in [0.15, 0.2) is 18.2 Å². The number of ketones is 3. The maximum absolute atomic E-state index is 12.7. The van der Waals surface area contributed by atoms with Gasteiger partial charge in [0, 0.05) is 22.3 Å². The third-order valence-corrected chi connectivity index (χ3v) is 4.20. The quantitative estimate of drug-likeness (QED) is 0.623. The number of phenols is 3. The van der Waals surface area contributed by atoms with E-state index in [2.05, 4.69) is 0 Å². The average Bonchev–Trinajstić information content (AvgIpc) is 2.51. The molecular weight excluding hydrogens is 312 g/mol. The van der Waals surface area contributed by atoms with Gasteiger partial charge in [0.2, 0.25) is 5.78 Å². The van der Waals surface area contributed by atoms with E-state index in [1.165, 1.54) is 13.0 Å². The summed E-state index contributed by atoms with van der Waals surface area (Å²) >= 11 is 0. The number of Topliss-reactive ketones (excluding diaryl/α,β-unsaturated/α-hetero) is 1. The van der Waals surface area contributed by atoms with Crippen LogP contribution in [0, 0.1) is 0 Å². The van der Waals surface area contributed by atoms with Crippen molar-refractivity contribution >= 4 is 17.3 Å². The van der Waals surface area contributed by atoms with Gasteiger partial charge in [0.1, 0.15) is 17.2 Å². The van der Waals surface area contributed by atoms with Gasteiger partial charge in [0.25, 0.3) is 0 Å². The van der Waals surface area contributed by atoms with Crippen LogP contribution < -0.4 is 0 Å². The number of benzene rings is 2. The first-order chi connectivity index (χ1) is 11.3. The highest BCUT2D eigenvalue weighted by molar-refractivity contribution is 6.31. The first-order valence-electron chi connectivity index (χ1n) is 7.33. The molecule has 0 unspecified atom stereocenters. The van der Waals surface area contributed by atoms with Crippen molar-refractivity contribution in [3.8, 4) is 17.2 Å². The Hall–Kier alpha value is -3.15. The summed E-state index contributed by atoms with van der Waals surface area (Å²) in [6.07, 6.45) is 0.258. The minimum atomic E-state index is -0.723. The van der Waals surface area contributed by atoms with Gasteiger partial charge in [-0.1, -0.05) is 6.92 Å². The van der Waals surface area contributed by atoms with E-state index in [0.717, 1.165) is 12.1 Å². The molecule has 3 rings (SSSR count). The molecular formula is C18H14O6. The van der Waals surface area contributed by atoms with Crippen LogP contribution in [0.3, 0.4) is 0 Å². The Labute approximate surface area is 137 Å². The van der Waals surface area contributed by atoms with Gasteiger partial charge in [0.15, 0.2) is 11.6 Å². The summed E-state index contributed by atoms with van der Waals surface area (Å²) in [7, 11) is 0. The minimum absolute atomic E-state index is 0.0921. The average molecular weight is 326 g/mol. The minimum Gasteiger partial charge on any atom is -0.508 e. The first-order valence-corrected chi connectivity index (χ1v) is 7.33. The van der Waals surface area contributed by atoms with E-state index in [0.29, 0.717) is 0 Å². The Kier molecular flexibility index (Phi) is 3.41. The number of hydrogen-bond acceptors (Lipinski definition) is 6. The SMILES string of the molecule is CCc1c(O)cc2c(c1O)C(=O)c1c(O)cc(C(C)=O)cc1C2=O. The van der Waals surface area contributed by atoms with Crippen LogP contribution in [-0.2, 0) is 6.42 Å². The van der Waals surface area contributed by atoms with Gasteiger partial charge in [-0.3, -0.25) is 14.4 Å². The number of carbonyl (C=O) groups is 3. The summed E-state index contributed by atoms with van der Waals surface area (Å²) in [5.74, 6) is -2.99. The van der Waals surface area contributed by atoms with Crippen molar-refractivity contribution in [2.75, 3.05) is 0 Å². The number of aromatic hydroxyl groups is 3. The lowest BCUT2D eigenvalue weighted by Crippen LogP contribution is -2.22.